The maximum absolute atomic E-state index is 11.7. The van der Waals surface area contributed by atoms with Crippen molar-refractivity contribution in [1.82, 2.24) is 15.5 Å². The van der Waals surface area contributed by atoms with Gasteiger partial charge in [0.2, 0.25) is 5.91 Å². The highest BCUT2D eigenvalue weighted by Crippen LogP contribution is 2.28. The molecule has 3 aliphatic rings. The van der Waals surface area contributed by atoms with Crippen LogP contribution in [0.2, 0.25) is 0 Å². The monoisotopic (exact) mass is 237 g/mol. The SMILES string of the molecule is O=C1NC[C@@H]2[C@H]1CCCN2CC1CCCNC1. The van der Waals surface area contributed by atoms with Gasteiger partial charge in [0.25, 0.3) is 0 Å². The first-order chi connectivity index (χ1) is 8.34. The highest BCUT2D eigenvalue weighted by molar-refractivity contribution is 5.82. The molecule has 3 fully saturated rings. The number of fused-ring (bicyclic) bond motifs is 1. The zero-order valence-electron chi connectivity index (χ0n) is 10.5. The third-order valence-electron chi connectivity index (χ3n) is 4.61. The first-order valence-corrected chi connectivity index (χ1v) is 7.07. The summed E-state index contributed by atoms with van der Waals surface area (Å²) in [6.07, 6.45) is 4.94. The Morgan fingerprint density at radius 2 is 2.18 bits per heavy atom. The van der Waals surface area contributed by atoms with E-state index < -0.39 is 0 Å². The summed E-state index contributed by atoms with van der Waals surface area (Å²) in [6, 6.07) is 0.484. The lowest BCUT2D eigenvalue weighted by molar-refractivity contribution is -0.124. The Morgan fingerprint density at radius 3 is 3.00 bits per heavy atom. The van der Waals surface area contributed by atoms with Gasteiger partial charge in [0, 0.05) is 19.1 Å². The van der Waals surface area contributed by atoms with Crippen LogP contribution in [0.3, 0.4) is 0 Å². The van der Waals surface area contributed by atoms with Crippen LogP contribution in [0.25, 0.3) is 0 Å². The van der Waals surface area contributed by atoms with E-state index in [2.05, 4.69) is 15.5 Å². The van der Waals surface area contributed by atoms with Crippen LogP contribution in [0.1, 0.15) is 25.7 Å². The fraction of sp³-hybridized carbons (Fsp3) is 0.923. The number of hydrogen-bond acceptors (Lipinski definition) is 3. The zero-order valence-corrected chi connectivity index (χ0v) is 10.5. The lowest BCUT2D eigenvalue weighted by Crippen LogP contribution is -2.49. The minimum atomic E-state index is 0.278. The predicted molar refractivity (Wildman–Crippen MR) is 66.7 cm³/mol. The van der Waals surface area contributed by atoms with Crippen molar-refractivity contribution in [3.8, 4) is 0 Å². The molecular formula is C13H23N3O. The molecule has 0 aliphatic carbocycles. The lowest BCUT2D eigenvalue weighted by Gasteiger charge is -2.38. The van der Waals surface area contributed by atoms with Crippen LogP contribution < -0.4 is 10.6 Å². The molecule has 1 unspecified atom stereocenters. The Bertz CT molecular complexity index is 288. The maximum Gasteiger partial charge on any atom is 0.224 e. The molecule has 3 atom stereocenters. The summed E-state index contributed by atoms with van der Waals surface area (Å²) in [5.74, 6) is 1.36. The van der Waals surface area contributed by atoms with Crippen LogP contribution in [-0.4, -0.2) is 49.6 Å². The van der Waals surface area contributed by atoms with Gasteiger partial charge in [-0.25, -0.2) is 0 Å². The van der Waals surface area contributed by atoms with Crippen molar-refractivity contribution in [2.24, 2.45) is 11.8 Å². The van der Waals surface area contributed by atoms with Crippen molar-refractivity contribution in [2.45, 2.75) is 31.7 Å². The fourth-order valence-electron chi connectivity index (χ4n) is 3.68. The Morgan fingerprint density at radius 1 is 1.24 bits per heavy atom. The number of nitrogens with one attached hydrogen (secondary N) is 2. The topological polar surface area (TPSA) is 44.4 Å². The van der Waals surface area contributed by atoms with Crippen molar-refractivity contribution < 1.29 is 4.79 Å². The van der Waals surface area contributed by atoms with E-state index in [-0.39, 0.29) is 5.92 Å². The molecule has 0 saturated carbocycles. The minimum Gasteiger partial charge on any atom is -0.354 e. The Kier molecular flexibility index (Phi) is 3.34. The third kappa shape index (κ3) is 2.33. The molecule has 1 amide bonds. The van der Waals surface area contributed by atoms with Crippen LogP contribution in [0.5, 0.6) is 0 Å². The smallest absolute Gasteiger partial charge is 0.224 e. The van der Waals surface area contributed by atoms with Crippen LogP contribution >= 0.6 is 0 Å². The van der Waals surface area contributed by atoms with Gasteiger partial charge in [-0.15, -0.1) is 0 Å². The zero-order chi connectivity index (χ0) is 11.7. The molecule has 2 N–H and O–H groups in total. The molecule has 4 nitrogen and oxygen atoms in total. The van der Waals surface area contributed by atoms with Gasteiger partial charge in [-0.3, -0.25) is 9.69 Å². The van der Waals surface area contributed by atoms with Gasteiger partial charge in [-0.2, -0.15) is 0 Å². The van der Waals surface area contributed by atoms with E-state index in [4.69, 9.17) is 0 Å². The summed E-state index contributed by atoms with van der Waals surface area (Å²) in [7, 11) is 0. The number of piperidine rings is 2. The number of carbonyl (C=O) groups is 1. The van der Waals surface area contributed by atoms with E-state index in [1.807, 2.05) is 0 Å². The molecule has 0 spiro atoms. The third-order valence-corrected chi connectivity index (χ3v) is 4.61. The number of likely N-dealkylation sites (tertiary alicyclic amines) is 1. The van der Waals surface area contributed by atoms with Crippen LogP contribution in [0, 0.1) is 11.8 Å². The summed E-state index contributed by atoms with van der Waals surface area (Å²) in [5.41, 5.74) is 0. The first kappa shape index (κ1) is 11.5. The Hall–Kier alpha value is -0.610. The first-order valence-electron chi connectivity index (χ1n) is 7.07. The average molecular weight is 237 g/mol. The fourth-order valence-corrected chi connectivity index (χ4v) is 3.68. The molecule has 17 heavy (non-hydrogen) atoms. The van der Waals surface area contributed by atoms with Crippen LogP contribution in [-0.2, 0) is 4.79 Å². The van der Waals surface area contributed by atoms with Gasteiger partial charge in [-0.05, 0) is 51.2 Å². The van der Waals surface area contributed by atoms with Crippen molar-refractivity contribution in [1.29, 1.82) is 0 Å². The predicted octanol–water partition coefficient (Wildman–Crippen LogP) is 0.196. The number of hydrogen-bond donors (Lipinski definition) is 2. The molecule has 4 heteroatoms. The molecule has 0 aromatic heterocycles. The van der Waals surface area contributed by atoms with Gasteiger partial charge in [-0.1, -0.05) is 0 Å². The summed E-state index contributed by atoms with van der Waals surface area (Å²) >= 11 is 0. The van der Waals surface area contributed by atoms with Gasteiger partial charge in [0.15, 0.2) is 0 Å². The molecule has 3 heterocycles. The second-order valence-electron chi connectivity index (χ2n) is 5.77. The molecule has 96 valence electrons. The average Bonchev–Trinajstić information content (AvgIpc) is 2.74. The minimum absolute atomic E-state index is 0.278. The molecule has 3 rings (SSSR count). The van der Waals surface area contributed by atoms with Crippen LogP contribution in [0.4, 0.5) is 0 Å². The lowest BCUT2D eigenvalue weighted by atomic mass is 9.89. The van der Waals surface area contributed by atoms with Crippen molar-refractivity contribution in [3.05, 3.63) is 0 Å². The second-order valence-corrected chi connectivity index (χ2v) is 5.77. The number of amides is 1. The number of rotatable bonds is 2. The van der Waals surface area contributed by atoms with Crippen molar-refractivity contribution in [2.75, 3.05) is 32.7 Å². The van der Waals surface area contributed by atoms with Gasteiger partial charge in [0.05, 0.1) is 5.92 Å². The van der Waals surface area contributed by atoms with E-state index in [9.17, 15) is 4.79 Å². The Labute approximate surface area is 103 Å². The molecule has 0 aromatic carbocycles. The highest BCUT2D eigenvalue weighted by Gasteiger charge is 2.41. The van der Waals surface area contributed by atoms with Crippen molar-refractivity contribution in [3.63, 3.8) is 0 Å². The van der Waals surface area contributed by atoms with Gasteiger partial charge < -0.3 is 10.6 Å². The maximum atomic E-state index is 11.7. The summed E-state index contributed by atoms with van der Waals surface area (Å²) in [6.45, 7) is 5.59. The van der Waals surface area contributed by atoms with E-state index in [0.717, 1.165) is 25.4 Å². The molecule has 3 saturated heterocycles. The summed E-state index contributed by atoms with van der Waals surface area (Å²) in [4.78, 5) is 14.3. The van der Waals surface area contributed by atoms with Crippen molar-refractivity contribution >= 4 is 5.91 Å². The standard InChI is InChI=1S/C13H23N3O/c17-13-11-4-2-6-16(12(11)8-15-13)9-10-3-1-5-14-7-10/h10-12,14H,1-9H2,(H,15,17)/t10?,11-,12-/m1/s1. The van der Waals surface area contributed by atoms with E-state index >= 15 is 0 Å². The van der Waals surface area contributed by atoms with E-state index in [1.54, 1.807) is 0 Å². The Balaban J connectivity index is 1.60. The normalized spacial score (nSPS) is 38.8. The molecule has 3 aliphatic heterocycles. The highest BCUT2D eigenvalue weighted by atomic mass is 16.2. The van der Waals surface area contributed by atoms with Gasteiger partial charge >= 0.3 is 0 Å². The molecule has 0 bridgehead atoms. The van der Waals surface area contributed by atoms with Gasteiger partial charge in [0.1, 0.15) is 0 Å². The number of nitrogens with zero attached hydrogens (tertiary/aromatic N) is 1. The largest absolute Gasteiger partial charge is 0.354 e. The van der Waals surface area contributed by atoms with E-state index in [1.165, 1.54) is 38.9 Å². The summed E-state index contributed by atoms with van der Waals surface area (Å²) in [5, 5.41) is 6.52. The second kappa shape index (κ2) is 4.94. The molecule has 0 aromatic rings. The molecular weight excluding hydrogens is 214 g/mol. The van der Waals surface area contributed by atoms with E-state index in [0.29, 0.717) is 11.9 Å². The molecule has 0 radical (unpaired) electrons. The summed E-state index contributed by atoms with van der Waals surface area (Å²) < 4.78 is 0. The quantitative estimate of drug-likeness (QED) is 0.721. The van der Waals surface area contributed by atoms with Crippen LogP contribution in [0.15, 0.2) is 0 Å². The number of carbonyl (C=O) groups excluding carboxylic acids is 1.